The van der Waals surface area contributed by atoms with E-state index in [1.54, 1.807) is 4.90 Å². The zero-order valence-corrected chi connectivity index (χ0v) is 21.9. The van der Waals surface area contributed by atoms with Crippen LogP contribution in [0.25, 0.3) is 10.4 Å². The van der Waals surface area contributed by atoms with Crippen LogP contribution in [0.5, 0.6) is 0 Å². The Morgan fingerprint density at radius 1 is 1.03 bits per heavy atom. The molecular weight excluding hydrogens is 491 g/mol. The van der Waals surface area contributed by atoms with Gasteiger partial charge in [0.15, 0.2) is 0 Å². The number of carboxylic acid groups (broad SMARTS) is 1. The minimum absolute atomic E-state index is 0.101. The summed E-state index contributed by atoms with van der Waals surface area (Å²) in [5.41, 5.74) is 8.23. The van der Waals surface area contributed by atoms with E-state index >= 15 is 0 Å². The van der Waals surface area contributed by atoms with Crippen molar-refractivity contribution < 1.29 is 29.0 Å². The largest absolute Gasteiger partial charge is 0.480 e. The molecule has 1 aliphatic rings. The first-order chi connectivity index (χ1) is 17.2. The molecule has 1 atom stereocenters. The Kier molecular flexibility index (Phi) is 17.4. The van der Waals surface area contributed by atoms with E-state index < -0.39 is 19.6 Å². The lowest BCUT2D eigenvalue weighted by Crippen LogP contribution is -2.46. The monoisotopic (exact) mass is 534 g/mol. The fourth-order valence-electron chi connectivity index (χ4n) is 4.08. The maximum atomic E-state index is 12.0. The Morgan fingerprint density at radius 3 is 2.39 bits per heavy atom. The highest BCUT2D eigenvalue weighted by molar-refractivity contribution is 7.51. The summed E-state index contributed by atoms with van der Waals surface area (Å²) in [5, 5.41) is 22.7. The molecule has 0 bridgehead atoms. The summed E-state index contributed by atoms with van der Waals surface area (Å²) in [4.78, 5) is 48.8. The van der Waals surface area contributed by atoms with Crippen molar-refractivity contribution in [3.63, 3.8) is 0 Å². The molecule has 0 saturated carbocycles. The number of amides is 1. The Hall–Kier alpha value is -1.76. The molecule has 36 heavy (non-hydrogen) atoms. The number of nitrogens with zero attached hydrogens (tertiary/aromatic N) is 5. The zero-order chi connectivity index (χ0) is 26.7. The molecule has 1 heterocycles. The predicted molar refractivity (Wildman–Crippen MR) is 137 cm³/mol. The van der Waals surface area contributed by atoms with Gasteiger partial charge in [-0.25, -0.2) is 0 Å². The van der Waals surface area contributed by atoms with Crippen LogP contribution in [0.3, 0.4) is 0 Å². The number of carboxylic acids is 1. The molecular formula is C21H43N8O6P. The first-order valence-corrected chi connectivity index (χ1v) is 14.5. The summed E-state index contributed by atoms with van der Waals surface area (Å²) in [6.07, 6.45) is 3.90. The average molecular weight is 535 g/mol. The van der Waals surface area contributed by atoms with Crippen molar-refractivity contribution >= 4 is 19.5 Å². The number of nitrogens with one attached hydrogen (secondary N) is 3. The summed E-state index contributed by atoms with van der Waals surface area (Å²) >= 11 is 0. The molecule has 1 amide bonds. The lowest BCUT2D eigenvalue weighted by atomic mass is 10.1. The van der Waals surface area contributed by atoms with Crippen LogP contribution in [-0.2, 0) is 14.2 Å². The molecule has 1 unspecified atom stereocenters. The molecule has 0 aromatic heterocycles. The molecule has 0 aromatic rings. The van der Waals surface area contributed by atoms with Gasteiger partial charge in [-0.1, -0.05) is 5.11 Å². The molecule has 0 aromatic carbocycles. The lowest BCUT2D eigenvalue weighted by molar-refractivity contribution is -0.143. The SMILES string of the molecule is [N-]=[N+]=NCCCC(=O)NCCCCC(C(=O)O)N1CCCNCCN(CP(=O)(O)O)CCCNCC1. The van der Waals surface area contributed by atoms with Gasteiger partial charge in [0.1, 0.15) is 12.3 Å². The zero-order valence-electron chi connectivity index (χ0n) is 21.1. The van der Waals surface area contributed by atoms with Crippen LogP contribution in [0.1, 0.15) is 44.9 Å². The highest BCUT2D eigenvalue weighted by Gasteiger charge is 2.25. The van der Waals surface area contributed by atoms with E-state index in [-0.39, 0.29) is 12.2 Å². The third kappa shape index (κ3) is 16.8. The molecule has 14 nitrogen and oxygen atoms in total. The number of hydrogen-bond acceptors (Lipinski definition) is 8. The summed E-state index contributed by atoms with van der Waals surface area (Å²) in [6.45, 7) is 5.70. The average Bonchev–Trinajstić information content (AvgIpc) is 2.80. The van der Waals surface area contributed by atoms with Crippen molar-refractivity contribution in [2.24, 2.45) is 5.11 Å². The van der Waals surface area contributed by atoms with E-state index in [1.807, 2.05) is 4.90 Å². The molecule has 208 valence electrons. The van der Waals surface area contributed by atoms with Gasteiger partial charge in [0.25, 0.3) is 0 Å². The molecule has 6 N–H and O–H groups in total. The fraction of sp³-hybridized carbons (Fsp3) is 0.905. The normalized spacial score (nSPS) is 18.5. The second-order valence-corrected chi connectivity index (χ2v) is 10.5. The van der Waals surface area contributed by atoms with E-state index in [9.17, 15) is 29.0 Å². The summed E-state index contributed by atoms with van der Waals surface area (Å²) in [7, 11) is -4.10. The lowest BCUT2D eigenvalue weighted by Gasteiger charge is -2.30. The van der Waals surface area contributed by atoms with Gasteiger partial charge in [0.2, 0.25) is 5.91 Å². The highest BCUT2D eigenvalue weighted by atomic mass is 31.2. The minimum Gasteiger partial charge on any atom is -0.480 e. The van der Waals surface area contributed by atoms with Gasteiger partial charge in [0, 0.05) is 63.7 Å². The first-order valence-electron chi connectivity index (χ1n) is 12.7. The van der Waals surface area contributed by atoms with Crippen molar-refractivity contribution in [1.29, 1.82) is 0 Å². The Balaban J connectivity index is 2.45. The minimum atomic E-state index is -4.10. The van der Waals surface area contributed by atoms with Crippen LogP contribution in [0.4, 0.5) is 0 Å². The number of unbranched alkanes of at least 4 members (excludes halogenated alkanes) is 1. The van der Waals surface area contributed by atoms with Crippen molar-refractivity contribution in [3.05, 3.63) is 10.4 Å². The molecule has 15 heteroatoms. The van der Waals surface area contributed by atoms with Crippen LogP contribution in [0, 0.1) is 0 Å². The van der Waals surface area contributed by atoms with E-state index in [2.05, 4.69) is 26.0 Å². The van der Waals surface area contributed by atoms with Gasteiger partial charge in [0.05, 0.1) is 0 Å². The topological polar surface area (TPSA) is 203 Å². The van der Waals surface area contributed by atoms with E-state index in [0.29, 0.717) is 97.6 Å². The molecule has 0 radical (unpaired) electrons. The van der Waals surface area contributed by atoms with Gasteiger partial charge in [-0.05, 0) is 57.1 Å². The molecule has 0 aliphatic carbocycles. The summed E-state index contributed by atoms with van der Waals surface area (Å²) in [5.74, 6) is -0.949. The number of aliphatic carboxylic acids is 1. The quantitative estimate of drug-likeness (QED) is 0.0636. The number of hydrogen-bond donors (Lipinski definition) is 6. The van der Waals surface area contributed by atoms with Crippen LogP contribution < -0.4 is 16.0 Å². The summed E-state index contributed by atoms with van der Waals surface area (Å²) < 4.78 is 11.4. The smallest absolute Gasteiger partial charge is 0.339 e. The predicted octanol–water partition coefficient (Wildman–Crippen LogP) is 0.529. The van der Waals surface area contributed by atoms with Crippen molar-refractivity contribution in [2.45, 2.75) is 51.0 Å². The second kappa shape index (κ2) is 19.4. The second-order valence-electron chi connectivity index (χ2n) is 8.93. The Labute approximate surface area is 213 Å². The van der Waals surface area contributed by atoms with Crippen LogP contribution in [0.2, 0.25) is 0 Å². The number of rotatable bonds is 13. The molecule has 1 rings (SSSR count). The van der Waals surface area contributed by atoms with E-state index in [0.717, 1.165) is 12.8 Å². The Bertz CT molecular complexity index is 717. The first kappa shape index (κ1) is 32.3. The van der Waals surface area contributed by atoms with Crippen LogP contribution in [-0.4, -0.2) is 114 Å². The number of azide groups is 1. The van der Waals surface area contributed by atoms with E-state index in [4.69, 9.17) is 5.53 Å². The standard InChI is InChI=1S/C21H43N8O6P/c22-27-26-11-3-7-20(30)25-10-2-1-6-19(21(31)32)29-15-5-9-23-12-16-28(18-36(33,34)35)14-4-8-24-13-17-29/h19,23-24H,1-18H2,(H,25,30)(H,31,32)(H2,33,34,35). The van der Waals surface area contributed by atoms with Gasteiger partial charge in [-0.2, -0.15) is 0 Å². The van der Waals surface area contributed by atoms with Gasteiger partial charge >= 0.3 is 13.6 Å². The fourth-order valence-corrected chi connectivity index (χ4v) is 4.88. The summed E-state index contributed by atoms with van der Waals surface area (Å²) in [6, 6.07) is -0.599. The third-order valence-electron chi connectivity index (χ3n) is 5.87. The maximum Gasteiger partial charge on any atom is 0.339 e. The maximum absolute atomic E-state index is 12.0. The van der Waals surface area contributed by atoms with Gasteiger partial charge in [-0.15, -0.1) is 0 Å². The molecule has 1 saturated heterocycles. The van der Waals surface area contributed by atoms with Crippen molar-refractivity contribution in [3.8, 4) is 0 Å². The van der Waals surface area contributed by atoms with Crippen LogP contribution >= 0.6 is 7.60 Å². The van der Waals surface area contributed by atoms with Gasteiger partial charge in [-0.3, -0.25) is 24.0 Å². The highest BCUT2D eigenvalue weighted by Crippen LogP contribution is 2.34. The third-order valence-corrected chi connectivity index (χ3v) is 6.64. The molecule has 0 spiro atoms. The van der Waals surface area contributed by atoms with Crippen molar-refractivity contribution in [1.82, 2.24) is 25.8 Å². The number of carbonyl (C=O) groups is 2. The molecule has 1 aliphatic heterocycles. The van der Waals surface area contributed by atoms with E-state index in [1.165, 1.54) is 0 Å². The van der Waals surface area contributed by atoms with Crippen LogP contribution in [0.15, 0.2) is 5.11 Å². The van der Waals surface area contributed by atoms with Crippen molar-refractivity contribution in [2.75, 3.05) is 71.7 Å². The Morgan fingerprint density at radius 2 is 1.72 bits per heavy atom. The van der Waals surface area contributed by atoms with Gasteiger partial charge < -0.3 is 30.8 Å². The molecule has 1 fully saturated rings. The number of carbonyl (C=O) groups excluding carboxylic acids is 1.